The molecule has 0 saturated carbocycles. The van der Waals surface area contributed by atoms with Crippen LogP contribution in [0, 0.1) is 5.92 Å². The van der Waals surface area contributed by atoms with E-state index in [1.165, 1.54) is 0 Å². The Kier molecular flexibility index (Phi) is 5.38. The Balaban J connectivity index is 1.60. The number of hydrogen-bond acceptors (Lipinski definition) is 4. The van der Waals surface area contributed by atoms with Gasteiger partial charge in [0.25, 0.3) is 0 Å². The van der Waals surface area contributed by atoms with E-state index in [1.54, 1.807) is 23.1 Å². The first kappa shape index (κ1) is 17.2. The van der Waals surface area contributed by atoms with Crippen molar-refractivity contribution in [3.8, 4) is 0 Å². The monoisotopic (exact) mass is 351 g/mol. The maximum Gasteiger partial charge on any atom is 0.249 e. The SMILES string of the molecule is NC(C(=O)NC1CCN(c2cccc(Cl)c2)C1=O)C1CCOCC1. The van der Waals surface area contributed by atoms with E-state index in [0.717, 1.165) is 18.5 Å². The number of nitrogens with two attached hydrogens (primary N) is 1. The van der Waals surface area contributed by atoms with Crippen molar-refractivity contribution in [1.29, 1.82) is 0 Å². The van der Waals surface area contributed by atoms with Crippen molar-refractivity contribution in [3.63, 3.8) is 0 Å². The molecule has 0 aromatic heterocycles. The molecule has 6 nitrogen and oxygen atoms in total. The molecule has 2 unspecified atom stereocenters. The number of nitrogens with one attached hydrogen (secondary N) is 1. The van der Waals surface area contributed by atoms with Gasteiger partial charge in [0, 0.05) is 30.5 Å². The highest BCUT2D eigenvalue weighted by molar-refractivity contribution is 6.31. The summed E-state index contributed by atoms with van der Waals surface area (Å²) in [6.45, 7) is 1.82. The van der Waals surface area contributed by atoms with Crippen LogP contribution in [0.4, 0.5) is 5.69 Å². The van der Waals surface area contributed by atoms with Crippen LogP contribution in [-0.4, -0.2) is 43.7 Å². The summed E-state index contributed by atoms with van der Waals surface area (Å²) in [6.07, 6.45) is 2.13. The van der Waals surface area contributed by atoms with Crippen molar-refractivity contribution in [1.82, 2.24) is 5.32 Å². The van der Waals surface area contributed by atoms with Crippen molar-refractivity contribution in [2.45, 2.75) is 31.3 Å². The highest BCUT2D eigenvalue weighted by atomic mass is 35.5. The van der Waals surface area contributed by atoms with Crippen LogP contribution in [0.5, 0.6) is 0 Å². The standard InChI is InChI=1S/C17H22ClN3O3/c18-12-2-1-3-13(10-12)21-7-4-14(17(21)23)20-16(22)15(19)11-5-8-24-9-6-11/h1-3,10-11,14-15H,4-9,19H2,(H,20,22). The van der Waals surface area contributed by atoms with Crippen LogP contribution in [0.2, 0.25) is 5.02 Å². The number of hydrogen-bond donors (Lipinski definition) is 2. The average molecular weight is 352 g/mol. The molecule has 3 rings (SSSR count). The van der Waals surface area contributed by atoms with Gasteiger partial charge >= 0.3 is 0 Å². The predicted molar refractivity (Wildman–Crippen MR) is 91.9 cm³/mol. The minimum atomic E-state index is -0.595. The lowest BCUT2D eigenvalue weighted by Crippen LogP contribution is -2.51. The van der Waals surface area contributed by atoms with Gasteiger partial charge in [-0.2, -0.15) is 0 Å². The van der Waals surface area contributed by atoms with Gasteiger partial charge in [-0.15, -0.1) is 0 Å². The second kappa shape index (κ2) is 7.51. The number of amides is 2. The lowest BCUT2D eigenvalue weighted by atomic mass is 9.91. The molecule has 2 aliphatic rings. The predicted octanol–water partition coefficient (Wildman–Crippen LogP) is 1.32. The summed E-state index contributed by atoms with van der Waals surface area (Å²) < 4.78 is 5.29. The number of carbonyl (C=O) groups excluding carboxylic acids is 2. The van der Waals surface area contributed by atoms with E-state index in [2.05, 4.69) is 5.32 Å². The summed E-state index contributed by atoms with van der Waals surface area (Å²) in [5, 5.41) is 3.39. The Morgan fingerprint density at radius 3 is 2.79 bits per heavy atom. The van der Waals surface area contributed by atoms with Crippen molar-refractivity contribution in [3.05, 3.63) is 29.3 Å². The third kappa shape index (κ3) is 3.71. The second-order valence-electron chi connectivity index (χ2n) is 6.30. The fourth-order valence-electron chi connectivity index (χ4n) is 3.27. The largest absolute Gasteiger partial charge is 0.381 e. The molecule has 2 heterocycles. The zero-order valence-corrected chi connectivity index (χ0v) is 14.2. The molecule has 0 spiro atoms. The topological polar surface area (TPSA) is 84.7 Å². The van der Waals surface area contributed by atoms with E-state index in [1.807, 2.05) is 6.07 Å². The van der Waals surface area contributed by atoms with Crippen LogP contribution in [-0.2, 0) is 14.3 Å². The molecule has 0 aliphatic carbocycles. The zero-order valence-electron chi connectivity index (χ0n) is 13.4. The fourth-order valence-corrected chi connectivity index (χ4v) is 3.46. The van der Waals surface area contributed by atoms with Crippen LogP contribution in [0.15, 0.2) is 24.3 Å². The normalized spacial score (nSPS) is 23.3. The van der Waals surface area contributed by atoms with Gasteiger partial charge < -0.3 is 20.7 Å². The van der Waals surface area contributed by atoms with E-state index >= 15 is 0 Å². The number of carbonyl (C=O) groups is 2. The quantitative estimate of drug-likeness (QED) is 0.856. The summed E-state index contributed by atoms with van der Waals surface area (Å²) in [5.74, 6) is -0.266. The molecule has 2 saturated heterocycles. The van der Waals surface area contributed by atoms with E-state index in [0.29, 0.717) is 31.2 Å². The molecular formula is C17H22ClN3O3. The summed E-state index contributed by atoms with van der Waals surface area (Å²) in [4.78, 5) is 26.6. The third-order valence-corrected chi connectivity index (χ3v) is 4.95. The molecule has 1 aromatic rings. The molecule has 1 aromatic carbocycles. The summed E-state index contributed by atoms with van der Waals surface area (Å²) in [6, 6.07) is 6.03. The van der Waals surface area contributed by atoms with Gasteiger partial charge in [0.1, 0.15) is 6.04 Å². The van der Waals surface area contributed by atoms with Crippen molar-refractivity contribution in [2.24, 2.45) is 11.7 Å². The lowest BCUT2D eigenvalue weighted by Gasteiger charge is -2.27. The molecule has 2 fully saturated rings. The molecule has 7 heteroatoms. The van der Waals surface area contributed by atoms with Gasteiger partial charge in [-0.25, -0.2) is 0 Å². The van der Waals surface area contributed by atoms with Gasteiger partial charge in [0.2, 0.25) is 11.8 Å². The van der Waals surface area contributed by atoms with Crippen LogP contribution in [0.3, 0.4) is 0 Å². The van der Waals surface area contributed by atoms with Gasteiger partial charge in [-0.1, -0.05) is 17.7 Å². The van der Waals surface area contributed by atoms with Gasteiger partial charge in [-0.3, -0.25) is 9.59 Å². The Hall–Kier alpha value is -1.63. The van der Waals surface area contributed by atoms with Crippen LogP contribution in [0.25, 0.3) is 0 Å². The van der Waals surface area contributed by atoms with E-state index in [9.17, 15) is 9.59 Å². The Bertz CT molecular complexity index is 619. The number of nitrogens with zero attached hydrogens (tertiary/aromatic N) is 1. The summed E-state index contributed by atoms with van der Waals surface area (Å²) in [5.41, 5.74) is 6.82. The highest BCUT2D eigenvalue weighted by Gasteiger charge is 2.36. The first-order valence-corrected chi connectivity index (χ1v) is 8.64. The zero-order chi connectivity index (χ0) is 17.1. The van der Waals surface area contributed by atoms with Gasteiger partial charge in [0.15, 0.2) is 0 Å². The Morgan fingerprint density at radius 1 is 1.33 bits per heavy atom. The van der Waals surface area contributed by atoms with Crippen LogP contribution < -0.4 is 16.0 Å². The smallest absolute Gasteiger partial charge is 0.249 e. The Labute approximate surface area is 146 Å². The molecule has 130 valence electrons. The number of halogens is 1. The number of anilines is 1. The minimum Gasteiger partial charge on any atom is -0.381 e. The van der Waals surface area contributed by atoms with Crippen molar-refractivity contribution in [2.75, 3.05) is 24.7 Å². The molecule has 2 aliphatic heterocycles. The lowest BCUT2D eigenvalue weighted by molar-refractivity contribution is -0.128. The fraction of sp³-hybridized carbons (Fsp3) is 0.529. The maximum absolute atomic E-state index is 12.6. The molecule has 2 atom stereocenters. The number of ether oxygens (including phenoxy) is 1. The molecule has 24 heavy (non-hydrogen) atoms. The molecule has 0 bridgehead atoms. The number of rotatable bonds is 4. The van der Waals surface area contributed by atoms with Crippen molar-refractivity contribution < 1.29 is 14.3 Å². The molecule has 3 N–H and O–H groups in total. The van der Waals surface area contributed by atoms with Crippen LogP contribution in [0.1, 0.15) is 19.3 Å². The van der Waals surface area contributed by atoms with Gasteiger partial charge in [0.05, 0.1) is 6.04 Å². The maximum atomic E-state index is 12.6. The van der Waals surface area contributed by atoms with Crippen LogP contribution >= 0.6 is 11.6 Å². The number of benzene rings is 1. The third-order valence-electron chi connectivity index (χ3n) is 4.72. The first-order chi connectivity index (χ1) is 11.6. The Morgan fingerprint density at radius 2 is 2.08 bits per heavy atom. The second-order valence-corrected chi connectivity index (χ2v) is 6.73. The average Bonchev–Trinajstić information content (AvgIpc) is 2.95. The molecule has 0 radical (unpaired) electrons. The van der Waals surface area contributed by atoms with Crippen molar-refractivity contribution >= 4 is 29.1 Å². The van der Waals surface area contributed by atoms with E-state index < -0.39 is 12.1 Å². The summed E-state index contributed by atoms with van der Waals surface area (Å²) >= 11 is 5.98. The van der Waals surface area contributed by atoms with Gasteiger partial charge in [-0.05, 0) is 43.4 Å². The van der Waals surface area contributed by atoms with E-state index in [-0.39, 0.29) is 17.7 Å². The first-order valence-electron chi connectivity index (χ1n) is 8.27. The van der Waals surface area contributed by atoms with E-state index in [4.69, 9.17) is 22.1 Å². The minimum absolute atomic E-state index is 0.110. The summed E-state index contributed by atoms with van der Waals surface area (Å²) in [7, 11) is 0. The molecule has 2 amide bonds. The highest BCUT2D eigenvalue weighted by Crippen LogP contribution is 2.25. The molecular weight excluding hydrogens is 330 g/mol.